The van der Waals surface area contributed by atoms with Crippen molar-refractivity contribution in [3.63, 3.8) is 0 Å². The van der Waals surface area contributed by atoms with E-state index in [1.165, 1.54) is 0 Å². The number of aromatic nitrogens is 2. The molecule has 3 aromatic rings. The van der Waals surface area contributed by atoms with Gasteiger partial charge in [0.05, 0.1) is 5.52 Å². The van der Waals surface area contributed by atoms with Crippen LogP contribution in [-0.4, -0.2) is 20.5 Å². The Balaban J connectivity index is 2.34. The first kappa shape index (κ1) is 11.5. The highest BCUT2D eigenvalue weighted by molar-refractivity contribution is 5.94. The number of nitrogens with zero attached hydrogens (tertiary/aromatic N) is 2. The van der Waals surface area contributed by atoms with Crippen LogP contribution in [0.3, 0.4) is 0 Å². The van der Waals surface area contributed by atoms with Gasteiger partial charge in [-0.25, -0.2) is 9.78 Å². The van der Waals surface area contributed by atoms with Crippen molar-refractivity contribution < 1.29 is 14.3 Å². The minimum atomic E-state index is -1.04. The maximum atomic E-state index is 11.3. The van der Waals surface area contributed by atoms with Crippen molar-refractivity contribution in [3.05, 3.63) is 47.5 Å². The van der Waals surface area contributed by atoms with Gasteiger partial charge in [-0.2, -0.15) is 0 Å². The monoisotopic (exact) mass is 256 g/mol. The zero-order chi connectivity index (χ0) is 13.6. The van der Waals surface area contributed by atoms with Crippen LogP contribution in [0.2, 0.25) is 0 Å². The third-order valence-electron chi connectivity index (χ3n) is 2.96. The normalized spacial score (nSPS) is 11.1. The van der Waals surface area contributed by atoms with Crippen LogP contribution in [0.4, 0.5) is 0 Å². The summed E-state index contributed by atoms with van der Waals surface area (Å²) >= 11 is 0. The molecule has 0 aliphatic rings. The lowest BCUT2D eigenvalue weighted by Crippen LogP contribution is -1.97. The topological polar surface area (TPSA) is 67.7 Å². The van der Waals surface area contributed by atoms with E-state index in [9.17, 15) is 9.90 Å². The van der Waals surface area contributed by atoms with Gasteiger partial charge < -0.3 is 9.52 Å². The Morgan fingerprint density at radius 2 is 2.11 bits per heavy atom. The van der Waals surface area contributed by atoms with Crippen molar-refractivity contribution in [1.82, 2.24) is 9.38 Å². The third-order valence-corrected chi connectivity index (χ3v) is 2.96. The van der Waals surface area contributed by atoms with Crippen molar-refractivity contribution in [2.75, 3.05) is 0 Å². The van der Waals surface area contributed by atoms with Crippen molar-refractivity contribution in [1.29, 1.82) is 0 Å². The summed E-state index contributed by atoms with van der Waals surface area (Å²) in [6.45, 7) is 3.75. The molecule has 19 heavy (non-hydrogen) atoms. The molecule has 3 heterocycles. The average Bonchev–Trinajstić information content (AvgIpc) is 2.92. The van der Waals surface area contributed by atoms with E-state index in [-0.39, 0.29) is 5.69 Å². The zero-order valence-corrected chi connectivity index (χ0v) is 10.5. The van der Waals surface area contributed by atoms with Gasteiger partial charge in [0.2, 0.25) is 0 Å². The van der Waals surface area contributed by atoms with Gasteiger partial charge in [0, 0.05) is 6.20 Å². The molecule has 96 valence electrons. The molecular formula is C14H12N2O3. The minimum Gasteiger partial charge on any atom is -0.476 e. The van der Waals surface area contributed by atoms with Gasteiger partial charge in [-0.3, -0.25) is 4.40 Å². The Morgan fingerprint density at radius 1 is 1.32 bits per heavy atom. The molecule has 5 nitrogen and oxygen atoms in total. The number of imidazole rings is 1. The van der Waals surface area contributed by atoms with Crippen LogP contribution < -0.4 is 0 Å². The first-order valence-corrected chi connectivity index (χ1v) is 5.85. The minimum absolute atomic E-state index is 0.0350. The van der Waals surface area contributed by atoms with E-state index < -0.39 is 5.97 Å². The number of fused-ring (bicyclic) bond motifs is 1. The van der Waals surface area contributed by atoms with Crippen molar-refractivity contribution in [2.45, 2.75) is 13.8 Å². The fourth-order valence-electron chi connectivity index (χ4n) is 2.08. The van der Waals surface area contributed by atoms with Gasteiger partial charge in [-0.05, 0) is 43.7 Å². The number of carbonyl (C=O) groups is 1. The molecule has 1 N–H and O–H groups in total. The Hall–Kier alpha value is -2.56. The van der Waals surface area contributed by atoms with Crippen LogP contribution in [0.15, 0.2) is 34.9 Å². The molecule has 0 saturated heterocycles. The smallest absolute Gasteiger partial charge is 0.356 e. The molecule has 3 aromatic heterocycles. The molecule has 0 amide bonds. The first-order valence-electron chi connectivity index (χ1n) is 5.85. The Morgan fingerprint density at radius 3 is 2.74 bits per heavy atom. The van der Waals surface area contributed by atoms with E-state index in [0.717, 1.165) is 11.3 Å². The fraction of sp³-hybridized carbons (Fsp3) is 0.143. The first-order chi connectivity index (χ1) is 9.06. The second-order valence-electron chi connectivity index (χ2n) is 4.46. The van der Waals surface area contributed by atoms with Crippen LogP contribution in [0.25, 0.3) is 17.1 Å². The molecule has 0 aliphatic carbocycles. The molecule has 0 fully saturated rings. The summed E-state index contributed by atoms with van der Waals surface area (Å²) in [7, 11) is 0. The van der Waals surface area contributed by atoms with Crippen LogP contribution in [0.5, 0.6) is 0 Å². The predicted molar refractivity (Wildman–Crippen MR) is 69.3 cm³/mol. The lowest BCUT2D eigenvalue weighted by Gasteiger charge is -1.99. The van der Waals surface area contributed by atoms with Crippen molar-refractivity contribution in [3.8, 4) is 11.6 Å². The van der Waals surface area contributed by atoms with Crippen molar-refractivity contribution in [2.24, 2.45) is 0 Å². The lowest BCUT2D eigenvalue weighted by molar-refractivity contribution is 0.0693. The second-order valence-corrected chi connectivity index (χ2v) is 4.46. The van der Waals surface area contributed by atoms with Crippen LogP contribution >= 0.6 is 0 Å². The molecule has 0 spiro atoms. The molecule has 0 unspecified atom stereocenters. The van der Waals surface area contributed by atoms with E-state index in [1.807, 2.05) is 26.0 Å². The fourth-order valence-corrected chi connectivity index (χ4v) is 2.08. The zero-order valence-electron chi connectivity index (χ0n) is 10.5. The molecule has 5 heteroatoms. The molecule has 0 aromatic carbocycles. The predicted octanol–water partition coefficient (Wildman–Crippen LogP) is 2.91. The number of furan rings is 1. The summed E-state index contributed by atoms with van der Waals surface area (Å²) in [5.41, 5.74) is 1.58. The van der Waals surface area contributed by atoms with Gasteiger partial charge in [-0.1, -0.05) is 0 Å². The molecule has 0 aliphatic heterocycles. The standard InChI is InChI=1S/C14H12N2O3/c1-8-5-6-16-10(7-8)12(14(17)18)15-13(16)11-4-3-9(2)19-11/h3-7H,1-2H3,(H,17,18). The van der Waals surface area contributed by atoms with E-state index in [2.05, 4.69) is 4.98 Å². The quantitative estimate of drug-likeness (QED) is 0.765. The summed E-state index contributed by atoms with van der Waals surface area (Å²) in [5.74, 6) is 0.776. The number of rotatable bonds is 2. The summed E-state index contributed by atoms with van der Waals surface area (Å²) in [6, 6.07) is 7.32. The highest BCUT2D eigenvalue weighted by atomic mass is 16.4. The number of pyridine rings is 1. The maximum absolute atomic E-state index is 11.3. The SMILES string of the molecule is Cc1ccn2c(-c3ccc(C)o3)nc(C(=O)O)c2c1. The highest BCUT2D eigenvalue weighted by Crippen LogP contribution is 2.25. The Kier molecular flexibility index (Phi) is 2.41. The third kappa shape index (κ3) is 1.79. The van der Waals surface area contributed by atoms with E-state index in [1.54, 1.807) is 22.7 Å². The Labute approximate surface area is 109 Å². The largest absolute Gasteiger partial charge is 0.476 e. The van der Waals surface area contributed by atoms with Crippen LogP contribution in [0, 0.1) is 13.8 Å². The number of hydrogen-bond acceptors (Lipinski definition) is 3. The summed E-state index contributed by atoms with van der Waals surface area (Å²) in [6.07, 6.45) is 1.80. The van der Waals surface area contributed by atoms with Gasteiger partial charge >= 0.3 is 5.97 Å². The van der Waals surface area contributed by atoms with Gasteiger partial charge in [-0.15, -0.1) is 0 Å². The molecular weight excluding hydrogens is 244 g/mol. The summed E-state index contributed by atoms with van der Waals surface area (Å²) in [5, 5.41) is 9.23. The number of aromatic carboxylic acids is 1. The molecule has 0 bridgehead atoms. The van der Waals surface area contributed by atoms with Crippen LogP contribution in [0.1, 0.15) is 21.8 Å². The van der Waals surface area contributed by atoms with E-state index in [4.69, 9.17) is 4.42 Å². The number of aryl methyl sites for hydroxylation is 2. The van der Waals surface area contributed by atoms with Gasteiger partial charge in [0.25, 0.3) is 0 Å². The van der Waals surface area contributed by atoms with E-state index in [0.29, 0.717) is 17.1 Å². The maximum Gasteiger partial charge on any atom is 0.356 e. The number of carboxylic acid groups (broad SMARTS) is 1. The summed E-state index contributed by atoms with van der Waals surface area (Å²) in [4.78, 5) is 15.5. The van der Waals surface area contributed by atoms with E-state index >= 15 is 0 Å². The molecule has 0 atom stereocenters. The average molecular weight is 256 g/mol. The Bertz CT molecular complexity index is 783. The van der Waals surface area contributed by atoms with Crippen LogP contribution in [-0.2, 0) is 0 Å². The number of carboxylic acids is 1. The molecule has 0 saturated carbocycles. The van der Waals surface area contributed by atoms with Gasteiger partial charge in [0.15, 0.2) is 17.3 Å². The highest BCUT2D eigenvalue weighted by Gasteiger charge is 2.19. The van der Waals surface area contributed by atoms with Crippen molar-refractivity contribution >= 4 is 11.5 Å². The molecule has 0 radical (unpaired) electrons. The molecule has 3 rings (SSSR count). The van der Waals surface area contributed by atoms with Gasteiger partial charge in [0.1, 0.15) is 5.76 Å². The summed E-state index contributed by atoms with van der Waals surface area (Å²) < 4.78 is 7.26. The second kappa shape index (κ2) is 3.98. The lowest BCUT2D eigenvalue weighted by atomic mass is 10.2. The number of hydrogen-bond donors (Lipinski definition) is 1.